The van der Waals surface area contributed by atoms with Crippen LogP contribution in [0, 0.1) is 0 Å². The van der Waals surface area contributed by atoms with Gasteiger partial charge in [0.15, 0.2) is 5.13 Å². The molecule has 0 radical (unpaired) electrons. The number of aryl methyl sites for hydroxylation is 1. The van der Waals surface area contributed by atoms with E-state index in [-0.39, 0.29) is 18.1 Å². The van der Waals surface area contributed by atoms with E-state index in [1.807, 2.05) is 19.9 Å². The van der Waals surface area contributed by atoms with Crippen molar-refractivity contribution in [2.75, 3.05) is 25.0 Å². The van der Waals surface area contributed by atoms with E-state index >= 15 is 0 Å². The Bertz CT molecular complexity index is 992. The third-order valence-electron chi connectivity index (χ3n) is 5.19. The van der Waals surface area contributed by atoms with Crippen molar-refractivity contribution >= 4 is 32.6 Å². The number of nitrogens with zero attached hydrogens (tertiary/aromatic N) is 2. The molecule has 1 aromatic heterocycles. The molecule has 1 fully saturated rings. The van der Waals surface area contributed by atoms with Gasteiger partial charge in [0, 0.05) is 13.1 Å². The number of carbonyl (C=O) groups is 1. The molecule has 0 saturated carbocycles. The van der Waals surface area contributed by atoms with Gasteiger partial charge in [0.05, 0.1) is 29.0 Å². The molecule has 5 nitrogen and oxygen atoms in total. The summed E-state index contributed by atoms with van der Waals surface area (Å²) in [4.78, 5) is 19.4. The average Bonchev–Trinajstić information content (AvgIpc) is 3.07. The van der Waals surface area contributed by atoms with Gasteiger partial charge in [-0.1, -0.05) is 48.6 Å². The van der Waals surface area contributed by atoms with Crippen molar-refractivity contribution in [3.8, 4) is 11.1 Å². The lowest BCUT2D eigenvalue weighted by Gasteiger charge is -2.34. The number of nitrogens with one attached hydrogen (secondary N) is 1. The summed E-state index contributed by atoms with van der Waals surface area (Å²) >= 11 is 1.54. The normalized spacial score (nSPS) is 20.1. The molecule has 2 unspecified atom stereocenters. The Labute approximate surface area is 175 Å². The number of rotatable bonds is 5. The van der Waals surface area contributed by atoms with Crippen LogP contribution in [-0.4, -0.2) is 47.6 Å². The molecule has 2 heterocycles. The van der Waals surface area contributed by atoms with E-state index in [2.05, 4.69) is 58.5 Å². The van der Waals surface area contributed by atoms with Gasteiger partial charge >= 0.3 is 0 Å². The zero-order valence-electron chi connectivity index (χ0n) is 17.1. The van der Waals surface area contributed by atoms with E-state index in [9.17, 15) is 4.79 Å². The molecule has 0 bridgehead atoms. The van der Waals surface area contributed by atoms with Crippen LogP contribution in [0.15, 0.2) is 42.5 Å². The molecule has 1 aliphatic rings. The first-order valence-corrected chi connectivity index (χ1v) is 11.0. The minimum atomic E-state index is -0.0237. The molecular formula is C23H27N3O2S. The number of anilines is 1. The lowest BCUT2D eigenvalue weighted by atomic mass is 9.98. The maximum absolute atomic E-state index is 12.6. The summed E-state index contributed by atoms with van der Waals surface area (Å²) in [5, 5.41) is 3.65. The largest absolute Gasteiger partial charge is 0.373 e. The zero-order chi connectivity index (χ0) is 20.4. The predicted molar refractivity (Wildman–Crippen MR) is 120 cm³/mol. The van der Waals surface area contributed by atoms with Crippen LogP contribution in [0.3, 0.4) is 0 Å². The molecular weight excluding hydrogens is 382 g/mol. The summed E-state index contributed by atoms with van der Waals surface area (Å²) in [5.74, 6) is -0.0237. The van der Waals surface area contributed by atoms with E-state index in [1.165, 1.54) is 28.0 Å². The Balaban J connectivity index is 1.52. The summed E-state index contributed by atoms with van der Waals surface area (Å²) in [5.41, 5.74) is 4.62. The Morgan fingerprint density at radius 3 is 2.62 bits per heavy atom. The highest BCUT2D eigenvalue weighted by molar-refractivity contribution is 7.22. The minimum Gasteiger partial charge on any atom is -0.373 e. The van der Waals surface area contributed by atoms with Crippen LogP contribution in [0.25, 0.3) is 21.3 Å². The van der Waals surface area contributed by atoms with E-state index in [0.717, 1.165) is 29.7 Å². The summed E-state index contributed by atoms with van der Waals surface area (Å²) in [6.07, 6.45) is 1.25. The average molecular weight is 410 g/mol. The van der Waals surface area contributed by atoms with Crippen molar-refractivity contribution in [3.05, 3.63) is 48.0 Å². The monoisotopic (exact) mass is 409 g/mol. The van der Waals surface area contributed by atoms with Crippen molar-refractivity contribution in [1.29, 1.82) is 0 Å². The third kappa shape index (κ3) is 4.66. The van der Waals surface area contributed by atoms with Crippen LogP contribution in [-0.2, 0) is 16.0 Å². The molecule has 0 spiro atoms. The number of hydrogen-bond acceptors (Lipinski definition) is 5. The summed E-state index contributed by atoms with van der Waals surface area (Å²) in [7, 11) is 0. The quantitative estimate of drug-likeness (QED) is 0.670. The van der Waals surface area contributed by atoms with Crippen molar-refractivity contribution in [1.82, 2.24) is 9.88 Å². The minimum absolute atomic E-state index is 0.0237. The van der Waals surface area contributed by atoms with Crippen LogP contribution in [0.4, 0.5) is 5.13 Å². The number of carbonyl (C=O) groups excluding carboxylic acids is 1. The number of morpholine rings is 1. The molecule has 152 valence electrons. The summed E-state index contributed by atoms with van der Waals surface area (Å²) < 4.78 is 6.84. The highest BCUT2D eigenvalue weighted by Gasteiger charge is 2.24. The Morgan fingerprint density at radius 1 is 1.21 bits per heavy atom. The molecule has 1 N–H and O–H groups in total. The number of amides is 1. The van der Waals surface area contributed by atoms with Crippen LogP contribution in [0.5, 0.6) is 0 Å². The molecule has 1 aliphatic heterocycles. The topological polar surface area (TPSA) is 54.5 Å². The summed E-state index contributed by atoms with van der Waals surface area (Å²) in [6.45, 7) is 8.17. The smallest absolute Gasteiger partial charge is 0.240 e. The SMILES string of the molecule is CCc1cc2sc(NC(=O)CN3CC(C)OC(C)C3)nc2cc1-c1ccccc1. The first kappa shape index (κ1) is 20.0. The highest BCUT2D eigenvalue weighted by Crippen LogP contribution is 2.33. The van der Waals surface area contributed by atoms with Crippen LogP contribution < -0.4 is 5.32 Å². The van der Waals surface area contributed by atoms with Crippen molar-refractivity contribution in [2.24, 2.45) is 0 Å². The maximum atomic E-state index is 12.6. The fraction of sp³-hybridized carbons (Fsp3) is 0.391. The second-order valence-corrected chi connectivity index (χ2v) is 8.75. The standard InChI is InChI=1S/C23H27N3O2S/c1-4-17-10-21-20(11-19(17)18-8-6-5-7-9-18)24-23(29-21)25-22(27)14-26-12-15(2)28-16(3)13-26/h5-11,15-16H,4,12-14H2,1-3H3,(H,24,25,27). The number of ether oxygens (including phenoxy) is 1. The van der Waals surface area contributed by atoms with Crippen LogP contribution in [0.1, 0.15) is 26.3 Å². The Kier molecular flexibility index (Phi) is 5.94. The Hall–Kier alpha value is -2.28. The highest BCUT2D eigenvalue weighted by atomic mass is 32.1. The second kappa shape index (κ2) is 8.61. The number of aromatic nitrogens is 1. The van der Waals surface area contributed by atoms with Crippen molar-refractivity contribution in [3.63, 3.8) is 0 Å². The van der Waals surface area contributed by atoms with Crippen molar-refractivity contribution < 1.29 is 9.53 Å². The number of fused-ring (bicyclic) bond motifs is 1. The molecule has 1 amide bonds. The van der Waals surface area contributed by atoms with Gasteiger partial charge in [-0.3, -0.25) is 9.69 Å². The molecule has 2 atom stereocenters. The number of hydrogen-bond donors (Lipinski definition) is 1. The van der Waals surface area contributed by atoms with Crippen LogP contribution >= 0.6 is 11.3 Å². The van der Waals surface area contributed by atoms with Gasteiger partial charge in [0.1, 0.15) is 0 Å². The molecule has 2 aromatic carbocycles. The van der Waals surface area contributed by atoms with E-state index in [1.54, 1.807) is 0 Å². The van der Waals surface area contributed by atoms with Crippen LogP contribution in [0.2, 0.25) is 0 Å². The number of benzene rings is 2. The van der Waals surface area contributed by atoms with Gasteiger partial charge in [0.25, 0.3) is 0 Å². The van der Waals surface area contributed by atoms with Gasteiger partial charge < -0.3 is 10.1 Å². The lowest BCUT2D eigenvalue weighted by Crippen LogP contribution is -2.48. The predicted octanol–water partition coefficient (Wildman–Crippen LogP) is 4.57. The first-order chi connectivity index (χ1) is 14.0. The molecule has 29 heavy (non-hydrogen) atoms. The first-order valence-electron chi connectivity index (χ1n) is 10.2. The fourth-order valence-corrected chi connectivity index (χ4v) is 4.95. The van der Waals surface area contributed by atoms with E-state index in [0.29, 0.717) is 11.7 Å². The molecule has 0 aliphatic carbocycles. The lowest BCUT2D eigenvalue weighted by molar-refractivity contribution is -0.121. The van der Waals surface area contributed by atoms with Gasteiger partial charge in [-0.05, 0) is 49.1 Å². The van der Waals surface area contributed by atoms with Gasteiger partial charge in [-0.2, -0.15) is 0 Å². The van der Waals surface area contributed by atoms with Gasteiger partial charge in [-0.15, -0.1) is 0 Å². The molecule has 3 aromatic rings. The summed E-state index contributed by atoms with van der Waals surface area (Å²) in [6, 6.07) is 14.7. The fourth-order valence-electron chi connectivity index (χ4n) is 4.02. The van der Waals surface area contributed by atoms with Gasteiger partial charge in [0.2, 0.25) is 5.91 Å². The molecule has 4 rings (SSSR count). The van der Waals surface area contributed by atoms with E-state index in [4.69, 9.17) is 4.74 Å². The molecule has 6 heteroatoms. The number of thiazole rings is 1. The third-order valence-corrected chi connectivity index (χ3v) is 6.12. The van der Waals surface area contributed by atoms with Crippen molar-refractivity contribution in [2.45, 2.75) is 39.4 Å². The molecule has 1 saturated heterocycles. The second-order valence-electron chi connectivity index (χ2n) is 7.72. The van der Waals surface area contributed by atoms with Gasteiger partial charge in [-0.25, -0.2) is 4.98 Å². The maximum Gasteiger partial charge on any atom is 0.240 e. The zero-order valence-corrected chi connectivity index (χ0v) is 18.0. The van der Waals surface area contributed by atoms with E-state index < -0.39 is 0 Å². The Morgan fingerprint density at radius 2 is 1.93 bits per heavy atom.